The topological polar surface area (TPSA) is 79.7 Å². The molecule has 1 amide bonds. The molecule has 1 unspecified atom stereocenters. The molecule has 2 heterocycles. The van der Waals surface area contributed by atoms with Gasteiger partial charge < -0.3 is 9.84 Å². The Labute approximate surface area is 192 Å². The van der Waals surface area contributed by atoms with Gasteiger partial charge in [0.25, 0.3) is 5.91 Å². The molecular formula is C23H18ClFN2O4S. The van der Waals surface area contributed by atoms with Gasteiger partial charge in [-0.1, -0.05) is 23.7 Å². The normalized spacial score (nSPS) is 16.1. The Morgan fingerprint density at radius 1 is 1.22 bits per heavy atom. The Balaban J connectivity index is 1.89. The number of aliphatic hydroxyl groups is 1. The highest BCUT2D eigenvalue weighted by atomic mass is 35.5. The average Bonchev–Trinajstić information content (AvgIpc) is 3.23. The number of carbonyl (C=O) groups excluding carboxylic acids is 2. The number of amides is 1. The monoisotopic (exact) mass is 472 g/mol. The summed E-state index contributed by atoms with van der Waals surface area (Å²) in [6, 6.07) is 9.13. The molecule has 0 spiro atoms. The Kier molecular flexibility index (Phi) is 5.75. The van der Waals surface area contributed by atoms with Crippen LogP contribution in [0.5, 0.6) is 5.75 Å². The largest absolute Gasteiger partial charge is 0.503 e. The lowest BCUT2D eigenvalue weighted by Gasteiger charge is -2.27. The van der Waals surface area contributed by atoms with Crippen molar-refractivity contribution in [1.29, 1.82) is 0 Å². The van der Waals surface area contributed by atoms with Crippen LogP contribution in [0.1, 0.15) is 32.0 Å². The quantitative estimate of drug-likeness (QED) is 0.507. The van der Waals surface area contributed by atoms with Gasteiger partial charge in [-0.3, -0.25) is 14.5 Å². The van der Waals surface area contributed by atoms with Gasteiger partial charge in [0, 0.05) is 5.69 Å². The third-order valence-corrected chi connectivity index (χ3v) is 6.53. The van der Waals surface area contributed by atoms with Gasteiger partial charge in [-0.25, -0.2) is 9.37 Å². The van der Waals surface area contributed by atoms with Crippen molar-refractivity contribution in [3.8, 4) is 5.75 Å². The van der Waals surface area contributed by atoms with E-state index in [1.807, 2.05) is 0 Å². The Bertz CT molecular complexity index is 1270. The number of carbonyl (C=O) groups is 2. The number of aromatic nitrogens is 1. The summed E-state index contributed by atoms with van der Waals surface area (Å²) >= 11 is 7.45. The van der Waals surface area contributed by atoms with Gasteiger partial charge in [0.2, 0.25) is 5.78 Å². The molecule has 0 fully saturated rings. The van der Waals surface area contributed by atoms with Crippen LogP contribution in [0, 0.1) is 19.7 Å². The summed E-state index contributed by atoms with van der Waals surface area (Å²) in [6.45, 7) is 3.46. The second-order valence-electron chi connectivity index (χ2n) is 7.19. The maximum absolute atomic E-state index is 13.6. The number of aryl methyl sites for hydroxylation is 2. The zero-order chi connectivity index (χ0) is 23.2. The Hall–Kier alpha value is -3.23. The van der Waals surface area contributed by atoms with E-state index in [-0.39, 0.29) is 10.6 Å². The predicted molar refractivity (Wildman–Crippen MR) is 120 cm³/mol. The van der Waals surface area contributed by atoms with Crippen LogP contribution < -0.4 is 9.64 Å². The minimum Gasteiger partial charge on any atom is -0.503 e. The molecule has 1 aliphatic rings. The van der Waals surface area contributed by atoms with Crippen molar-refractivity contribution >= 4 is 40.3 Å². The highest BCUT2D eigenvalue weighted by Crippen LogP contribution is 2.44. The molecule has 1 aliphatic heterocycles. The number of hydrogen-bond donors (Lipinski definition) is 1. The fourth-order valence-electron chi connectivity index (χ4n) is 3.73. The first-order valence-corrected chi connectivity index (χ1v) is 10.8. The van der Waals surface area contributed by atoms with E-state index in [0.29, 0.717) is 32.6 Å². The van der Waals surface area contributed by atoms with Crippen LogP contribution >= 0.6 is 22.9 Å². The van der Waals surface area contributed by atoms with Gasteiger partial charge in [0.15, 0.2) is 5.76 Å². The van der Waals surface area contributed by atoms with E-state index in [1.165, 1.54) is 53.7 Å². The molecule has 164 valence electrons. The average molecular weight is 473 g/mol. The smallest absolute Gasteiger partial charge is 0.294 e. The van der Waals surface area contributed by atoms with Crippen LogP contribution in [-0.4, -0.2) is 28.9 Å². The Morgan fingerprint density at radius 2 is 1.91 bits per heavy atom. The lowest BCUT2D eigenvalue weighted by molar-refractivity contribution is -0.117. The van der Waals surface area contributed by atoms with Crippen molar-refractivity contribution in [2.75, 3.05) is 12.0 Å². The lowest BCUT2D eigenvalue weighted by Crippen LogP contribution is -2.31. The number of nitrogens with zero attached hydrogens (tertiary/aromatic N) is 2. The molecule has 32 heavy (non-hydrogen) atoms. The van der Waals surface area contributed by atoms with Crippen molar-refractivity contribution in [2.24, 2.45) is 0 Å². The summed E-state index contributed by atoms with van der Waals surface area (Å²) in [5.74, 6) is -1.99. The number of halogens is 2. The first-order valence-electron chi connectivity index (χ1n) is 9.57. The van der Waals surface area contributed by atoms with Gasteiger partial charge in [0.05, 0.1) is 39.3 Å². The molecule has 2 aromatic carbocycles. The molecule has 0 radical (unpaired) electrons. The molecule has 0 aliphatic carbocycles. The van der Waals surface area contributed by atoms with Gasteiger partial charge in [-0.15, -0.1) is 11.3 Å². The number of Topliss-reactive ketones (excluding diaryl/α,β-unsaturated/α-hetero) is 1. The van der Waals surface area contributed by atoms with Gasteiger partial charge in [-0.05, 0) is 49.7 Å². The summed E-state index contributed by atoms with van der Waals surface area (Å²) in [5, 5.41) is 11.7. The number of rotatable bonds is 5. The maximum atomic E-state index is 13.6. The number of benzene rings is 2. The summed E-state index contributed by atoms with van der Waals surface area (Å²) < 4.78 is 18.8. The molecule has 0 saturated carbocycles. The number of hydrogen-bond acceptors (Lipinski definition) is 6. The second-order valence-corrected chi connectivity index (χ2v) is 8.80. The van der Waals surface area contributed by atoms with E-state index >= 15 is 0 Å². The van der Waals surface area contributed by atoms with E-state index in [2.05, 4.69) is 4.98 Å². The number of ketones is 1. The van der Waals surface area contributed by atoms with Crippen LogP contribution in [0.2, 0.25) is 5.02 Å². The number of thiazole rings is 1. The zero-order valence-electron chi connectivity index (χ0n) is 17.3. The van der Waals surface area contributed by atoms with E-state index in [9.17, 15) is 19.1 Å². The molecule has 4 rings (SSSR count). The van der Waals surface area contributed by atoms with Gasteiger partial charge in [-0.2, -0.15) is 0 Å². The highest BCUT2D eigenvalue weighted by molar-refractivity contribution is 7.14. The number of anilines is 1. The molecule has 9 heteroatoms. The molecule has 6 nitrogen and oxygen atoms in total. The minimum atomic E-state index is -0.984. The highest BCUT2D eigenvalue weighted by Gasteiger charge is 2.45. The van der Waals surface area contributed by atoms with Crippen LogP contribution in [0.3, 0.4) is 0 Å². The van der Waals surface area contributed by atoms with E-state index in [1.54, 1.807) is 26.0 Å². The van der Waals surface area contributed by atoms with Crippen LogP contribution in [-0.2, 0) is 4.79 Å². The number of methoxy groups -OCH3 is 1. The predicted octanol–water partition coefficient (Wildman–Crippen LogP) is 5.34. The van der Waals surface area contributed by atoms with E-state index in [0.717, 1.165) is 0 Å². The SMILES string of the molecule is COc1ccc(N2C(=O)C(O)=C(C(=O)c3sc(C)nc3C)C2c2ccc(F)cc2)cc1Cl. The van der Waals surface area contributed by atoms with Crippen molar-refractivity contribution in [3.05, 3.63) is 85.8 Å². The van der Waals surface area contributed by atoms with Crippen molar-refractivity contribution < 1.29 is 23.8 Å². The third-order valence-electron chi connectivity index (χ3n) is 5.16. The molecule has 3 aromatic rings. The van der Waals surface area contributed by atoms with Crippen LogP contribution in [0.25, 0.3) is 0 Å². The second kappa shape index (κ2) is 8.37. The van der Waals surface area contributed by atoms with E-state index < -0.39 is 29.3 Å². The maximum Gasteiger partial charge on any atom is 0.294 e. The van der Waals surface area contributed by atoms with Crippen molar-refractivity contribution in [1.82, 2.24) is 4.98 Å². The van der Waals surface area contributed by atoms with Crippen LogP contribution in [0.4, 0.5) is 10.1 Å². The molecule has 1 aromatic heterocycles. The number of aliphatic hydroxyl groups excluding tert-OH is 1. The van der Waals surface area contributed by atoms with Crippen LogP contribution in [0.15, 0.2) is 53.8 Å². The zero-order valence-corrected chi connectivity index (χ0v) is 18.9. The molecule has 1 N–H and O–H groups in total. The summed E-state index contributed by atoms with van der Waals surface area (Å²) in [4.78, 5) is 32.5. The van der Waals surface area contributed by atoms with Gasteiger partial charge >= 0.3 is 0 Å². The minimum absolute atomic E-state index is 0.0969. The molecule has 0 bridgehead atoms. The third kappa shape index (κ3) is 3.65. The summed E-state index contributed by atoms with van der Waals surface area (Å²) in [7, 11) is 1.47. The number of ether oxygens (including phenoxy) is 1. The summed E-state index contributed by atoms with van der Waals surface area (Å²) in [5.41, 5.74) is 1.22. The Morgan fingerprint density at radius 3 is 2.47 bits per heavy atom. The van der Waals surface area contributed by atoms with Gasteiger partial charge in [0.1, 0.15) is 11.6 Å². The fourth-order valence-corrected chi connectivity index (χ4v) is 4.86. The first kappa shape index (κ1) is 22.0. The molecular weight excluding hydrogens is 455 g/mol. The fraction of sp³-hybridized carbons (Fsp3) is 0.174. The van der Waals surface area contributed by atoms with Crippen molar-refractivity contribution in [3.63, 3.8) is 0 Å². The molecule has 0 saturated heterocycles. The van der Waals surface area contributed by atoms with E-state index in [4.69, 9.17) is 16.3 Å². The first-order chi connectivity index (χ1) is 15.2. The van der Waals surface area contributed by atoms with Crippen molar-refractivity contribution in [2.45, 2.75) is 19.9 Å². The lowest BCUT2D eigenvalue weighted by atomic mass is 9.94. The summed E-state index contributed by atoms with van der Waals surface area (Å²) in [6.07, 6.45) is 0. The molecule has 1 atom stereocenters. The standard InChI is InChI=1S/C23H18ClFN2O4S/c1-11-22(32-12(2)26-11)20(28)18-19(13-4-6-14(25)7-5-13)27(23(30)21(18)29)15-8-9-17(31-3)16(24)10-15/h4-10,19,29H,1-3H3.